The minimum absolute atomic E-state index is 0.0720. The number of aromatic nitrogens is 3. The van der Waals surface area contributed by atoms with E-state index in [-0.39, 0.29) is 12.1 Å². The van der Waals surface area contributed by atoms with Crippen LogP contribution < -0.4 is 5.32 Å². The number of nitrogens with zero attached hydrogens (tertiary/aromatic N) is 4. The number of pyridine rings is 1. The first-order chi connectivity index (χ1) is 12.2. The highest BCUT2D eigenvalue weighted by molar-refractivity contribution is 7.15. The van der Waals surface area contributed by atoms with Crippen LogP contribution >= 0.6 is 11.3 Å². The van der Waals surface area contributed by atoms with E-state index in [2.05, 4.69) is 40.4 Å². The molecule has 0 saturated carbocycles. The van der Waals surface area contributed by atoms with Crippen LogP contribution in [0.4, 0.5) is 9.93 Å². The molecule has 0 aromatic carbocycles. The summed E-state index contributed by atoms with van der Waals surface area (Å²) < 4.78 is 0. The zero-order valence-electron chi connectivity index (χ0n) is 14.8. The van der Waals surface area contributed by atoms with E-state index < -0.39 is 0 Å². The van der Waals surface area contributed by atoms with Crippen molar-refractivity contribution in [1.29, 1.82) is 0 Å². The van der Waals surface area contributed by atoms with Crippen LogP contribution in [-0.4, -0.2) is 38.7 Å². The van der Waals surface area contributed by atoms with E-state index in [1.807, 2.05) is 17.2 Å². The highest BCUT2D eigenvalue weighted by Crippen LogP contribution is 2.27. The van der Waals surface area contributed by atoms with E-state index >= 15 is 0 Å². The molecule has 134 valence electrons. The molecule has 25 heavy (non-hydrogen) atoms. The number of carbonyl (C=O) groups is 1. The third kappa shape index (κ3) is 4.54. The Kier molecular flexibility index (Phi) is 5.96. The number of anilines is 1. The maximum Gasteiger partial charge on any atom is 0.323 e. The fourth-order valence-electron chi connectivity index (χ4n) is 3.31. The van der Waals surface area contributed by atoms with E-state index in [1.54, 1.807) is 6.20 Å². The molecule has 2 amide bonds. The maximum atomic E-state index is 12.7. The Bertz CT molecular complexity index is 690. The van der Waals surface area contributed by atoms with Crippen molar-refractivity contribution in [1.82, 2.24) is 20.1 Å². The molecule has 2 aromatic heterocycles. The molecule has 1 N–H and O–H groups in total. The summed E-state index contributed by atoms with van der Waals surface area (Å²) >= 11 is 1.48. The van der Waals surface area contributed by atoms with Crippen LogP contribution in [0.25, 0.3) is 0 Å². The van der Waals surface area contributed by atoms with Gasteiger partial charge in [-0.1, -0.05) is 37.7 Å². The predicted molar refractivity (Wildman–Crippen MR) is 99.9 cm³/mol. The quantitative estimate of drug-likeness (QED) is 0.844. The van der Waals surface area contributed by atoms with E-state index in [0.717, 1.165) is 43.7 Å². The van der Waals surface area contributed by atoms with Crippen LogP contribution in [0.3, 0.4) is 0 Å². The fraction of sp³-hybridized carbons (Fsp3) is 0.556. The molecule has 2 atom stereocenters. The Labute approximate surface area is 152 Å². The Morgan fingerprint density at radius 3 is 3.12 bits per heavy atom. The second-order valence-electron chi connectivity index (χ2n) is 6.62. The molecule has 1 saturated heterocycles. The van der Waals surface area contributed by atoms with Gasteiger partial charge >= 0.3 is 6.03 Å². The van der Waals surface area contributed by atoms with Crippen molar-refractivity contribution >= 4 is 22.5 Å². The minimum Gasteiger partial charge on any atom is -0.321 e. The van der Waals surface area contributed by atoms with Gasteiger partial charge in [-0.2, -0.15) is 0 Å². The molecule has 6 nitrogen and oxygen atoms in total. The lowest BCUT2D eigenvalue weighted by molar-refractivity contribution is 0.206. The molecule has 3 rings (SSSR count). The van der Waals surface area contributed by atoms with Gasteiger partial charge in [0.25, 0.3) is 0 Å². The van der Waals surface area contributed by atoms with Crippen molar-refractivity contribution in [2.24, 2.45) is 0 Å². The van der Waals surface area contributed by atoms with Gasteiger partial charge < -0.3 is 4.90 Å². The summed E-state index contributed by atoms with van der Waals surface area (Å²) in [5.74, 6) is 0.387. The molecule has 0 aliphatic carbocycles. The van der Waals surface area contributed by atoms with Gasteiger partial charge in [0.05, 0.1) is 0 Å². The van der Waals surface area contributed by atoms with Crippen LogP contribution in [0.15, 0.2) is 24.5 Å². The SMILES string of the molecule is CCC[C@H](C)c1nnc(NC(=O)N2CCC[C@@H]2Cc2cccnc2)s1. The topological polar surface area (TPSA) is 71.0 Å². The Morgan fingerprint density at radius 2 is 2.36 bits per heavy atom. The summed E-state index contributed by atoms with van der Waals surface area (Å²) in [6.07, 6.45) is 8.75. The summed E-state index contributed by atoms with van der Waals surface area (Å²) in [5, 5.41) is 12.9. The van der Waals surface area contributed by atoms with Gasteiger partial charge in [-0.05, 0) is 37.3 Å². The lowest BCUT2D eigenvalue weighted by Gasteiger charge is -2.24. The van der Waals surface area contributed by atoms with E-state index in [0.29, 0.717) is 11.0 Å². The Morgan fingerprint density at radius 1 is 1.48 bits per heavy atom. The van der Waals surface area contributed by atoms with Gasteiger partial charge in [-0.3, -0.25) is 10.3 Å². The number of likely N-dealkylation sites (tertiary alicyclic amines) is 1. The van der Waals surface area contributed by atoms with Gasteiger partial charge in [0.1, 0.15) is 5.01 Å². The van der Waals surface area contributed by atoms with Crippen molar-refractivity contribution in [3.63, 3.8) is 0 Å². The average molecular weight is 359 g/mol. The maximum absolute atomic E-state index is 12.7. The van der Waals surface area contributed by atoms with Gasteiger partial charge in [0.2, 0.25) is 5.13 Å². The van der Waals surface area contributed by atoms with E-state index in [4.69, 9.17) is 0 Å². The van der Waals surface area contributed by atoms with Crippen molar-refractivity contribution in [2.75, 3.05) is 11.9 Å². The first kappa shape index (κ1) is 17.8. The molecule has 7 heteroatoms. The van der Waals surface area contributed by atoms with Gasteiger partial charge in [0.15, 0.2) is 0 Å². The molecule has 1 fully saturated rings. The average Bonchev–Trinajstić information content (AvgIpc) is 3.25. The van der Waals surface area contributed by atoms with Crippen LogP contribution in [0, 0.1) is 0 Å². The van der Waals surface area contributed by atoms with Crippen LogP contribution in [0.5, 0.6) is 0 Å². The summed E-state index contributed by atoms with van der Waals surface area (Å²) in [5.41, 5.74) is 1.17. The second kappa shape index (κ2) is 8.38. The molecule has 3 heterocycles. The van der Waals surface area contributed by atoms with Gasteiger partial charge in [0, 0.05) is 30.9 Å². The highest BCUT2D eigenvalue weighted by atomic mass is 32.1. The molecular formula is C18H25N5OS. The van der Waals surface area contributed by atoms with Crippen LogP contribution in [-0.2, 0) is 6.42 Å². The predicted octanol–water partition coefficient (Wildman–Crippen LogP) is 4.08. The first-order valence-electron chi connectivity index (χ1n) is 8.97. The molecule has 0 bridgehead atoms. The molecule has 1 aliphatic rings. The van der Waals surface area contributed by atoms with Gasteiger partial charge in [-0.15, -0.1) is 10.2 Å². The van der Waals surface area contributed by atoms with Crippen molar-refractivity contribution < 1.29 is 4.79 Å². The lowest BCUT2D eigenvalue weighted by atomic mass is 10.1. The first-order valence-corrected chi connectivity index (χ1v) is 9.79. The number of carbonyl (C=O) groups excluding carboxylic acids is 1. The number of hydrogen-bond acceptors (Lipinski definition) is 5. The third-order valence-corrected chi connectivity index (χ3v) is 5.70. The van der Waals surface area contributed by atoms with Crippen LogP contribution in [0.2, 0.25) is 0 Å². The summed E-state index contributed by atoms with van der Waals surface area (Å²) in [7, 11) is 0. The van der Waals surface area contributed by atoms with Gasteiger partial charge in [-0.25, -0.2) is 4.79 Å². The largest absolute Gasteiger partial charge is 0.323 e. The molecule has 0 unspecified atom stereocenters. The number of urea groups is 1. The summed E-state index contributed by atoms with van der Waals surface area (Å²) in [4.78, 5) is 18.7. The fourth-order valence-corrected chi connectivity index (χ4v) is 4.13. The monoisotopic (exact) mass is 359 g/mol. The van der Waals surface area contributed by atoms with Crippen molar-refractivity contribution in [3.8, 4) is 0 Å². The zero-order chi connectivity index (χ0) is 17.6. The molecule has 0 radical (unpaired) electrons. The molecular weight excluding hydrogens is 334 g/mol. The molecule has 0 spiro atoms. The standard InChI is InChI=1S/C18H25N5OS/c1-3-6-13(2)16-21-22-17(25-16)20-18(24)23-10-5-8-15(23)11-14-7-4-9-19-12-14/h4,7,9,12-13,15H,3,5-6,8,10-11H2,1-2H3,(H,20,22,24)/t13-,15+/m0/s1. The minimum atomic E-state index is -0.0720. The second-order valence-corrected chi connectivity index (χ2v) is 7.63. The van der Waals surface area contributed by atoms with E-state index in [1.165, 1.54) is 16.9 Å². The van der Waals surface area contributed by atoms with E-state index in [9.17, 15) is 4.79 Å². The zero-order valence-corrected chi connectivity index (χ0v) is 15.6. The molecule has 2 aromatic rings. The number of rotatable bonds is 6. The smallest absolute Gasteiger partial charge is 0.321 e. The Balaban J connectivity index is 1.60. The number of hydrogen-bond donors (Lipinski definition) is 1. The normalized spacial score (nSPS) is 18.3. The Hall–Kier alpha value is -2.02. The number of amides is 2. The number of nitrogens with one attached hydrogen (secondary N) is 1. The molecule has 1 aliphatic heterocycles. The lowest BCUT2D eigenvalue weighted by Crippen LogP contribution is -2.39. The highest BCUT2D eigenvalue weighted by Gasteiger charge is 2.29. The van der Waals surface area contributed by atoms with Crippen molar-refractivity contribution in [3.05, 3.63) is 35.1 Å². The van der Waals surface area contributed by atoms with Crippen molar-refractivity contribution in [2.45, 2.75) is 57.9 Å². The third-order valence-electron chi connectivity index (χ3n) is 4.63. The summed E-state index contributed by atoms with van der Waals surface area (Å²) in [6, 6.07) is 4.15. The summed E-state index contributed by atoms with van der Waals surface area (Å²) in [6.45, 7) is 5.10. The van der Waals surface area contributed by atoms with Crippen LogP contribution in [0.1, 0.15) is 56.0 Å².